The number of aliphatic hydroxyl groups is 1. The van der Waals surface area contributed by atoms with Gasteiger partial charge in [0.15, 0.2) is 13.0 Å². The third-order valence-corrected chi connectivity index (χ3v) is 9.13. The molecule has 0 heterocycles. The standard InChI is InChI=1S/C31H42N3O9PS/c1-21(2)17-34(45(40,41)27-14-10-25(32)11-15-27)18-29(35)28(16-24-8-12-26(13-9-24)43-20-44(37,38)39)33-30(36)19-42-31-22(3)6-5-7-23(31)4/h5-15,21,28-29,35H,16-20,32H2,1-4H3,(H,33,36)(H2,37,38,39)/t28-,29+/m0/s1. The molecule has 0 aliphatic carbocycles. The maximum atomic E-state index is 13.6. The van der Waals surface area contributed by atoms with Gasteiger partial charge >= 0.3 is 7.60 Å². The van der Waals surface area contributed by atoms with Crippen LogP contribution in [0.25, 0.3) is 0 Å². The number of hydrogen-bond acceptors (Lipinski definition) is 8. The number of benzene rings is 3. The highest BCUT2D eigenvalue weighted by atomic mass is 32.2. The lowest BCUT2D eigenvalue weighted by molar-refractivity contribution is -0.124. The summed E-state index contributed by atoms with van der Waals surface area (Å²) in [6.45, 7) is 6.93. The van der Waals surface area contributed by atoms with Gasteiger partial charge in [-0.1, -0.05) is 44.2 Å². The van der Waals surface area contributed by atoms with Crippen molar-refractivity contribution in [1.82, 2.24) is 9.62 Å². The van der Waals surface area contributed by atoms with Gasteiger partial charge in [0.1, 0.15) is 11.5 Å². The Kier molecular flexibility index (Phi) is 12.6. The van der Waals surface area contributed by atoms with E-state index < -0.39 is 42.0 Å². The molecule has 2 atom stereocenters. The number of ether oxygens (including phenoxy) is 2. The highest BCUT2D eigenvalue weighted by molar-refractivity contribution is 7.89. The molecule has 45 heavy (non-hydrogen) atoms. The van der Waals surface area contributed by atoms with E-state index in [1.807, 2.05) is 45.9 Å². The normalized spacial score (nSPS) is 13.4. The minimum atomic E-state index is -4.37. The zero-order chi connectivity index (χ0) is 33.4. The molecule has 246 valence electrons. The van der Waals surface area contributed by atoms with Gasteiger partial charge in [-0.15, -0.1) is 0 Å². The first-order valence-corrected chi connectivity index (χ1v) is 17.6. The number of carbonyl (C=O) groups excluding carboxylic acids is 1. The summed E-state index contributed by atoms with van der Waals surface area (Å²) in [5.41, 5.74) is 8.53. The predicted octanol–water partition coefficient (Wildman–Crippen LogP) is 3.21. The number of aliphatic hydroxyl groups excluding tert-OH is 1. The number of aryl methyl sites for hydroxylation is 2. The summed E-state index contributed by atoms with van der Waals surface area (Å²) in [6.07, 6.45) is -2.01. The number of nitrogens with two attached hydrogens (primary N) is 1. The third kappa shape index (κ3) is 11.1. The van der Waals surface area contributed by atoms with Crippen LogP contribution in [-0.2, 0) is 25.8 Å². The van der Waals surface area contributed by atoms with Crippen molar-refractivity contribution >= 4 is 29.2 Å². The van der Waals surface area contributed by atoms with E-state index >= 15 is 0 Å². The van der Waals surface area contributed by atoms with E-state index in [1.165, 1.54) is 40.7 Å². The van der Waals surface area contributed by atoms with Crippen molar-refractivity contribution in [3.63, 3.8) is 0 Å². The van der Waals surface area contributed by atoms with Gasteiger partial charge in [0.25, 0.3) is 5.91 Å². The maximum Gasteiger partial charge on any atom is 0.362 e. The fourth-order valence-corrected chi connectivity index (χ4v) is 6.57. The third-order valence-electron chi connectivity index (χ3n) is 6.82. The molecule has 0 radical (unpaired) electrons. The molecule has 3 aromatic rings. The van der Waals surface area contributed by atoms with E-state index in [4.69, 9.17) is 25.0 Å². The van der Waals surface area contributed by atoms with Crippen LogP contribution in [-0.4, -0.2) is 71.7 Å². The average molecular weight is 664 g/mol. The Balaban J connectivity index is 1.84. The Morgan fingerprint density at radius 3 is 2.11 bits per heavy atom. The molecule has 0 saturated carbocycles. The number of amides is 1. The number of para-hydroxylation sites is 1. The summed E-state index contributed by atoms with van der Waals surface area (Å²) in [5.74, 6) is 0.219. The molecule has 3 aromatic carbocycles. The van der Waals surface area contributed by atoms with E-state index in [1.54, 1.807) is 12.1 Å². The van der Waals surface area contributed by atoms with Crippen molar-refractivity contribution in [2.24, 2.45) is 5.92 Å². The molecule has 0 spiro atoms. The first kappa shape index (κ1) is 36.0. The molecule has 0 aliphatic heterocycles. The van der Waals surface area contributed by atoms with Gasteiger partial charge in [-0.05, 0) is 79.3 Å². The van der Waals surface area contributed by atoms with Crippen LogP contribution in [0.1, 0.15) is 30.5 Å². The number of nitrogen functional groups attached to an aromatic ring is 1. The van der Waals surface area contributed by atoms with Crippen LogP contribution in [0.15, 0.2) is 71.6 Å². The van der Waals surface area contributed by atoms with E-state index in [9.17, 15) is 22.9 Å². The molecule has 0 unspecified atom stereocenters. The number of nitrogens with zero attached hydrogens (tertiary/aromatic N) is 1. The zero-order valence-corrected chi connectivity index (χ0v) is 27.5. The molecule has 0 fully saturated rings. The monoisotopic (exact) mass is 663 g/mol. The van der Waals surface area contributed by atoms with E-state index in [0.29, 0.717) is 17.0 Å². The quantitative estimate of drug-likeness (QED) is 0.112. The summed E-state index contributed by atoms with van der Waals surface area (Å²) >= 11 is 0. The highest BCUT2D eigenvalue weighted by Crippen LogP contribution is 2.34. The van der Waals surface area contributed by atoms with Crippen LogP contribution in [0.5, 0.6) is 11.5 Å². The maximum absolute atomic E-state index is 13.6. The summed E-state index contributed by atoms with van der Waals surface area (Å²) in [7, 11) is -8.39. The van der Waals surface area contributed by atoms with Gasteiger partial charge in [-0.2, -0.15) is 4.31 Å². The predicted molar refractivity (Wildman–Crippen MR) is 171 cm³/mol. The van der Waals surface area contributed by atoms with Gasteiger partial charge in [0, 0.05) is 18.8 Å². The number of sulfonamides is 1. The molecule has 3 rings (SSSR count). The van der Waals surface area contributed by atoms with Crippen LogP contribution in [0.3, 0.4) is 0 Å². The Bertz CT molecular complexity index is 1560. The molecular formula is C31H42N3O9PS. The van der Waals surface area contributed by atoms with Crippen molar-refractivity contribution in [2.75, 3.05) is 31.8 Å². The van der Waals surface area contributed by atoms with Crippen molar-refractivity contribution in [3.8, 4) is 11.5 Å². The van der Waals surface area contributed by atoms with Crippen LogP contribution >= 0.6 is 7.60 Å². The van der Waals surface area contributed by atoms with Crippen molar-refractivity contribution in [3.05, 3.63) is 83.4 Å². The van der Waals surface area contributed by atoms with Gasteiger partial charge in [-0.3, -0.25) is 9.36 Å². The van der Waals surface area contributed by atoms with Crippen LogP contribution < -0.4 is 20.5 Å². The van der Waals surface area contributed by atoms with Crippen molar-refractivity contribution in [2.45, 2.75) is 51.2 Å². The lowest BCUT2D eigenvalue weighted by Gasteiger charge is -2.31. The number of anilines is 1. The van der Waals surface area contributed by atoms with Crippen molar-refractivity contribution in [1.29, 1.82) is 0 Å². The van der Waals surface area contributed by atoms with E-state index in [0.717, 1.165) is 11.1 Å². The minimum Gasteiger partial charge on any atom is -0.483 e. The molecule has 1 amide bonds. The number of rotatable bonds is 16. The van der Waals surface area contributed by atoms with Gasteiger partial charge < -0.3 is 35.4 Å². The van der Waals surface area contributed by atoms with Crippen LogP contribution in [0, 0.1) is 19.8 Å². The Morgan fingerprint density at radius 2 is 1.56 bits per heavy atom. The Labute approximate surface area is 264 Å². The Morgan fingerprint density at radius 1 is 0.956 bits per heavy atom. The zero-order valence-electron chi connectivity index (χ0n) is 25.8. The van der Waals surface area contributed by atoms with Crippen LogP contribution in [0.4, 0.5) is 5.69 Å². The second-order valence-electron chi connectivity index (χ2n) is 11.3. The fourth-order valence-electron chi connectivity index (χ4n) is 4.63. The number of nitrogens with one attached hydrogen (secondary N) is 1. The number of hydrogen-bond donors (Lipinski definition) is 5. The second kappa shape index (κ2) is 15.7. The molecule has 0 aromatic heterocycles. The molecule has 0 aliphatic rings. The lowest BCUT2D eigenvalue weighted by Crippen LogP contribution is -2.52. The fraction of sp³-hybridized carbons (Fsp3) is 0.387. The van der Waals surface area contributed by atoms with E-state index in [-0.39, 0.29) is 42.7 Å². The average Bonchev–Trinajstić information content (AvgIpc) is 2.95. The minimum absolute atomic E-state index is 0.0260. The molecule has 0 saturated heterocycles. The second-order valence-corrected chi connectivity index (χ2v) is 14.8. The Hall–Kier alpha value is -3.45. The molecule has 14 heteroatoms. The first-order chi connectivity index (χ1) is 21.0. The van der Waals surface area contributed by atoms with Gasteiger partial charge in [0.05, 0.1) is 17.0 Å². The molecule has 6 N–H and O–H groups in total. The molecule has 12 nitrogen and oxygen atoms in total. The molecule has 0 bridgehead atoms. The lowest BCUT2D eigenvalue weighted by atomic mass is 10.0. The summed E-state index contributed by atoms with van der Waals surface area (Å²) in [6, 6.07) is 16.8. The topological polar surface area (TPSA) is 189 Å². The van der Waals surface area contributed by atoms with Crippen molar-refractivity contribution < 1.29 is 42.1 Å². The largest absolute Gasteiger partial charge is 0.483 e. The SMILES string of the molecule is Cc1cccc(C)c1OCC(=O)N[C@@H](Cc1ccc(OCP(=O)(O)O)cc1)[C@H](O)CN(CC(C)C)S(=O)(=O)c1ccc(N)cc1. The smallest absolute Gasteiger partial charge is 0.362 e. The van der Waals surface area contributed by atoms with Crippen LogP contribution in [0.2, 0.25) is 0 Å². The summed E-state index contributed by atoms with van der Waals surface area (Å²) < 4.78 is 50.5. The summed E-state index contributed by atoms with van der Waals surface area (Å²) in [4.78, 5) is 31.3. The highest BCUT2D eigenvalue weighted by Gasteiger charge is 2.31. The summed E-state index contributed by atoms with van der Waals surface area (Å²) in [5, 5.41) is 14.3. The molecular weight excluding hydrogens is 621 g/mol. The first-order valence-electron chi connectivity index (χ1n) is 14.3. The number of carbonyl (C=O) groups is 1. The van der Waals surface area contributed by atoms with E-state index in [2.05, 4.69) is 5.32 Å². The van der Waals surface area contributed by atoms with Gasteiger partial charge in [0.2, 0.25) is 10.0 Å². The van der Waals surface area contributed by atoms with Gasteiger partial charge in [-0.25, -0.2) is 8.42 Å².